The number of para-hydroxylation sites is 9. The van der Waals surface area contributed by atoms with Gasteiger partial charge in [-0.25, -0.2) is 0 Å². The van der Waals surface area contributed by atoms with E-state index in [4.69, 9.17) is 0 Å². The van der Waals surface area contributed by atoms with Crippen LogP contribution in [0.3, 0.4) is 0 Å². The number of H-pyrrole nitrogens is 1. The van der Waals surface area contributed by atoms with Crippen molar-refractivity contribution in [3.8, 4) is 28.2 Å². The van der Waals surface area contributed by atoms with Crippen molar-refractivity contribution in [2.24, 2.45) is 0 Å². The van der Waals surface area contributed by atoms with E-state index >= 15 is 0 Å². The summed E-state index contributed by atoms with van der Waals surface area (Å²) in [6.07, 6.45) is 0. The second-order valence-corrected chi connectivity index (χ2v) is 27.9. The number of benzene rings is 14. The van der Waals surface area contributed by atoms with E-state index in [1.807, 2.05) is 11.8 Å². The predicted octanol–water partition coefficient (Wildman–Crippen LogP) is 15.7. The van der Waals surface area contributed by atoms with E-state index in [0.29, 0.717) is 0 Å². The van der Waals surface area contributed by atoms with Gasteiger partial charge in [0.2, 0.25) is 0 Å². The van der Waals surface area contributed by atoms with E-state index in [0.717, 1.165) is 73.6 Å². The molecule has 0 saturated carbocycles. The molecular weight excluding hydrogens is 1240 g/mol. The van der Waals surface area contributed by atoms with Crippen LogP contribution in [-0.2, 0) is 0 Å². The van der Waals surface area contributed by atoms with Gasteiger partial charge in [0, 0.05) is 0 Å². The molecule has 4 aliphatic heterocycles. The number of hydrogen-bond acceptors (Lipinski definition) is 5. The Bertz CT molecular complexity index is 5120. The average molecular weight is 1300 g/mol. The quantitative estimate of drug-likeness (QED) is 0.103. The Labute approximate surface area is 564 Å². The summed E-state index contributed by atoms with van der Waals surface area (Å²) in [6, 6.07) is 126. The zero-order valence-corrected chi connectivity index (χ0v) is 54.1. The molecule has 0 amide bonds. The van der Waals surface area contributed by atoms with Gasteiger partial charge in [-0.05, 0) is 0 Å². The van der Waals surface area contributed by atoms with Crippen LogP contribution in [0.15, 0.2) is 350 Å². The van der Waals surface area contributed by atoms with Gasteiger partial charge in [0.25, 0.3) is 0 Å². The summed E-state index contributed by atoms with van der Waals surface area (Å²) < 4.78 is 5.22. The first-order valence-electron chi connectivity index (χ1n) is 32.5. The van der Waals surface area contributed by atoms with E-state index in [9.17, 15) is 0 Å². The summed E-state index contributed by atoms with van der Waals surface area (Å²) in [5.41, 5.74) is 28.5. The molecule has 0 atom stereocenters. The number of imidazole rings is 1. The van der Waals surface area contributed by atoms with Crippen molar-refractivity contribution >= 4 is 161 Å². The molecule has 19 rings (SSSR count). The fraction of sp³-hybridized carbons (Fsp3) is 0. The second-order valence-electron chi connectivity index (χ2n) is 24.6. The Morgan fingerprint density at radius 2 is 0.811 bits per heavy atom. The van der Waals surface area contributed by atoms with Crippen molar-refractivity contribution in [2.75, 3.05) is 19.6 Å². The van der Waals surface area contributed by atoms with Gasteiger partial charge in [0.15, 0.2) is 0 Å². The number of fused-ring (bicyclic) bond motifs is 9. The van der Waals surface area contributed by atoms with E-state index in [1.54, 1.807) is 0 Å². The van der Waals surface area contributed by atoms with Crippen molar-refractivity contribution in [1.29, 1.82) is 0 Å². The van der Waals surface area contributed by atoms with Gasteiger partial charge in [-0.2, -0.15) is 0 Å². The van der Waals surface area contributed by atoms with Gasteiger partial charge in [0.1, 0.15) is 0 Å². The minimum absolute atomic E-state index is 0.102. The molecule has 0 saturated heterocycles. The molecule has 4 aliphatic rings. The molecule has 5 heterocycles. The number of hydrogen-bond donors (Lipinski definition) is 1. The Balaban J connectivity index is 0.931. The molecular formula is C85H57B2N6SSe+. The number of nitrogens with zero attached hydrogens (tertiary/aromatic N) is 5. The van der Waals surface area contributed by atoms with Gasteiger partial charge in [-0.3, -0.25) is 0 Å². The normalized spacial score (nSPS) is 12.9. The summed E-state index contributed by atoms with van der Waals surface area (Å²) in [5, 5.41) is 0. The van der Waals surface area contributed by atoms with Crippen LogP contribution in [0.2, 0.25) is 0 Å². The molecule has 444 valence electrons. The van der Waals surface area contributed by atoms with Gasteiger partial charge < -0.3 is 0 Å². The van der Waals surface area contributed by atoms with Crippen LogP contribution in [0, 0.1) is 0 Å². The first kappa shape index (κ1) is 55.4. The van der Waals surface area contributed by atoms with Crippen LogP contribution in [-0.4, -0.2) is 33.4 Å². The van der Waals surface area contributed by atoms with E-state index in [-0.39, 0.29) is 28.4 Å². The Kier molecular flexibility index (Phi) is 13.3. The Morgan fingerprint density at radius 1 is 0.358 bits per heavy atom. The summed E-state index contributed by atoms with van der Waals surface area (Å²) in [4.78, 5) is 16.5. The zero-order chi connectivity index (χ0) is 62.5. The average Bonchev–Trinajstić information content (AvgIpc) is 0.936. The number of aromatic nitrogens is 2. The number of rotatable bonds is 11. The maximum atomic E-state index is 3.96. The second kappa shape index (κ2) is 22.8. The summed E-state index contributed by atoms with van der Waals surface area (Å²) >= 11 is 1.73. The SMILES string of the molecule is c1ccc(-c2[nH]c3ccc(-c4c5c(cc6c4[Se]c4cc(N(c7ccccc7)c7ccccc7)cc7c4B6c4ccccc4N7c4ccccc4)B4c6ccccc6N(c6ccccc6)c6cc(N(c7ccccc7)c7ccccc7)cc(c64)S5)cc3[n+]2-c2ccccc2)cc1. The van der Waals surface area contributed by atoms with Gasteiger partial charge in [0.05, 0.1) is 0 Å². The fourth-order valence-electron chi connectivity index (χ4n) is 15.3. The van der Waals surface area contributed by atoms with Gasteiger partial charge in [-0.15, -0.1) is 0 Å². The molecule has 15 aromatic rings. The maximum absolute atomic E-state index is 3.96. The molecule has 0 spiro atoms. The standard InChI is InChI=1S/C85H56B2N6SSe/c1-9-29-57(30-10-1)85-88-72-50-49-58(51-75(72)93(85)65-43-23-8-24-44-65)80-83-70(86-68-45-25-27-47-73(68)91(63-39-19-6-20-40-63)76-52-66(54-78(94-83)81(76)86)89(59-31-11-2-12-32-59)60-33-13-3-14-34-60)56-71-84(80)95-79-55-67(90(61-35-15-4-16-36-61)62-37-17-5-18-38-62)53-77-82(79)87(71)69-46-26-28-48-74(69)92(77)64-41-21-7-22-42-64/h1-56H/p+1. The molecule has 95 heavy (non-hydrogen) atoms. The van der Waals surface area contributed by atoms with Crippen molar-refractivity contribution in [3.63, 3.8) is 0 Å². The first-order valence-corrected chi connectivity index (χ1v) is 35.0. The molecule has 6 nitrogen and oxygen atoms in total. The van der Waals surface area contributed by atoms with Crippen molar-refractivity contribution in [2.45, 2.75) is 9.79 Å². The molecule has 0 unspecified atom stereocenters. The van der Waals surface area contributed by atoms with Crippen LogP contribution in [0.1, 0.15) is 0 Å². The van der Waals surface area contributed by atoms with Crippen molar-refractivity contribution < 1.29 is 4.57 Å². The predicted molar refractivity (Wildman–Crippen MR) is 401 cm³/mol. The summed E-state index contributed by atoms with van der Waals surface area (Å²) in [6.45, 7) is -0.224. The third-order valence-electron chi connectivity index (χ3n) is 19.3. The van der Waals surface area contributed by atoms with Crippen LogP contribution >= 0.6 is 11.8 Å². The van der Waals surface area contributed by atoms with E-state index in [2.05, 4.69) is 369 Å². The van der Waals surface area contributed by atoms with Crippen LogP contribution in [0.5, 0.6) is 0 Å². The topological polar surface area (TPSA) is 32.6 Å². The first-order chi connectivity index (χ1) is 47.2. The third-order valence-corrected chi connectivity index (χ3v) is 23.0. The van der Waals surface area contributed by atoms with Crippen LogP contribution < -0.4 is 65.9 Å². The van der Waals surface area contributed by atoms with Gasteiger partial charge in [-0.1, -0.05) is 0 Å². The third kappa shape index (κ3) is 9.08. The zero-order valence-electron chi connectivity index (χ0n) is 51.5. The molecule has 14 aromatic carbocycles. The van der Waals surface area contributed by atoms with Crippen LogP contribution in [0.25, 0.3) is 39.2 Å². The monoisotopic (exact) mass is 1300 g/mol. The van der Waals surface area contributed by atoms with Crippen molar-refractivity contribution in [1.82, 2.24) is 4.98 Å². The number of nitrogens with one attached hydrogen (secondary N) is 1. The van der Waals surface area contributed by atoms with Crippen molar-refractivity contribution in [3.05, 3.63) is 340 Å². The van der Waals surface area contributed by atoms with E-state index in [1.165, 1.54) is 85.4 Å². The Morgan fingerprint density at radius 3 is 1.35 bits per heavy atom. The summed E-state index contributed by atoms with van der Waals surface area (Å²) in [7, 11) is 0. The van der Waals surface area contributed by atoms with Crippen LogP contribution in [0.4, 0.5) is 68.2 Å². The van der Waals surface area contributed by atoms with E-state index < -0.39 is 0 Å². The molecule has 10 heteroatoms. The summed E-state index contributed by atoms with van der Waals surface area (Å²) in [5.74, 6) is 1.04. The van der Waals surface area contributed by atoms with Gasteiger partial charge >= 0.3 is 568 Å². The molecule has 0 bridgehead atoms. The minimum atomic E-state index is -0.235. The molecule has 0 radical (unpaired) electrons. The number of anilines is 12. The molecule has 1 N–H and O–H groups in total. The fourth-order valence-corrected chi connectivity index (χ4v) is 19.6. The Hall–Kier alpha value is -11.3. The molecule has 0 fully saturated rings. The molecule has 0 aliphatic carbocycles. The number of aromatic amines is 1. The molecule has 1 aromatic heterocycles.